The maximum Gasteiger partial charge on any atom is 0.247 e. The summed E-state index contributed by atoms with van der Waals surface area (Å²) < 4.78 is 12.4. The van der Waals surface area contributed by atoms with Gasteiger partial charge in [0.1, 0.15) is 6.04 Å². The van der Waals surface area contributed by atoms with E-state index in [9.17, 15) is 9.59 Å². The number of halogens is 1. The van der Waals surface area contributed by atoms with E-state index in [1.54, 1.807) is 34.1 Å². The molecular weight excluding hydrogens is 420 g/mol. The summed E-state index contributed by atoms with van der Waals surface area (Å²) in [5.41, 5.74) is 2.36. The topological polar surface area (TPSA) is 85.7 Å². The number of carbonyl (C=O) groups is 2. The first-order valence-corrected chi connectivity index (χ1v) is 10.2. The van der Waals surface area contributed by atoms with E-state index >= 15 is 0 Å². The third-order valence-corrected chi connectivity index (χ3v) is 5.57. The third kappa shape index (κ3) is 3.94. The van der Waals surface area contributed by atoms with Gasteiger partial charge < -0.3 is 19.7 Å². The van der Waals surface area contributed by atoms with Crippen molar-refractivity contribution in [2.45, 2.75) is 25.4 Å². The molecule has 1 N–H and O–H groups in total. The van der Waals surface area contributed by atoms with Gasteiger partial charge in [0.25, 0.3) is 0 Å². The Morgan fingerprint density at radius 3 is 2.74 bits per heavy atom. The Morgan fingerprint density at radius 1 is 1.16 bits per heavy atom. The van der Waals surface area contributed by atoms with E-state index in [-0.39, 0.29) is 18.6 Å². The molecule has 3 aromatic rings. The molecule has 0 saturated carbocycles. The molecule has 5 rings (SSSR count). The van der Waals surface area contributed by atoms with Crippen molar-refractivity contribution in [3.05, 3.63) is 65.4 Å². The average molecular weight is 439 g/mol. The van der Waals surface area contributed by atoms with Crippen LogP contribution in [0.2, 0.25) is 5.02 Å². The summed E-state index contributed by atoms with van der Waals surface area (Å²) in [6, 6.07) is 12.3. The zero-order valence-corrected chi connectivity index (χ0v) is 17.2. The van der Waals surface area contributed by atoms with Crippen LogP contribution in [0.25, 0.3) is 5.69 Å². The number of likely N-dealkylation sites (tertiary alicyclic amines) is 1. The minimum Gasteiger partial charge on any atom is -0.454 e. The molecule has 1 atom stereocenters. The zero-order valence-electron chi connectivity index (χ0n) is 16.5. The second-order valence-corrected chi connectivity index (χ2v) is 7.84. The minimum atomic E-state index is -0.525. The van der Waals surface area contributed by atoms with Crippen molar-refractivity contribution >= 4 is 29.1 Å². The molecule has 2 amide bonds. The smallest absolute Gasteiger partial charge is 0.247 e. The standard InChI is InChI=1S/C22H19ClN4O4/c23-15-10-24-27(12-15)17-4-2-16(3-5-17)25-22(29)18-6-8-21(28)26(18)11-14-1-7-19-20(9-14)31-13-30-19/h1-5,7,9-10,12,18H,6,8,11,13H2,(H,25,29). The third-order valence-electron chi connectivity index (χ3n) is 5.37. The predicted molar refractivity (Wildman–Crippen MR) is 113 cm³/mol. The lowest BCUT2D eigenvalue weighted by atomic mass is 10.1. The summed E-state index contributed by atoms with van der Waals surface area (Å²) in [7, 11) is 0. The van der Waals surface area contributed by atoms with Gasteiger partial charge >= 0.3 is 0 Å². The molecule has 0 bridgehead atoms. The van der Waals surface area contributed by atoms with Crippen LogP contribution in [0.15, 0.2) is 54.9 Å². The summed E-state index contributed by atoms with van der Waals surface area (Å²) >= 11 is 5.91. The second kappa shape index (κ2) is 7.96. The van der Waals surface area contributed by atoms with Crippen LogP contribution in [0.4, 0.5) is 5.69 Å². The number of hydrogen-bond acceptors (Lipinski definition) is 5. The van der Waals surface area contributed by atoms with Crippen molar-refractivity contribution in [3.8, 4) is 17.2 Å². The number of anilines is 1. The normalized spacial score (nSPS) is 17.3. The number of nitrogens with one attached hydrogen (secondary N) is 1. The summed E-state index contributed by atoms with van der Waals surface area (Å²) in [5.74, 6) is 1.10. The molecule has 31 heavy (non-hydrogen) atoms. The first kappa shape index (κ1) is 19.4. The van der Waals surface area contributed by atoms with Crippen molar-refractivity contribution in [2.75, 3.05) is 12.1 Å². The lowest BCUT2D eigenvalue weighted by Crippen LogP contribution is -2.41. The number of ether oxygens (including phenoxy) is 2. The lowest BCUT2D eigenvalue weighted by molar-refractivity contribution is -0.133. The van der Waals surface area contributed by atoms with Crippen molar-refractivity contribution in [3.63, 3.8) is 0 Å². The Labute approximate surface area is 183 Å². The number of rotatable bonds is 5. The van der Waals surface area contributed by atoms with Gasteiger partial charge in [-0.1, -0.05) is 17.7 Å². The van der Waals surface area contributed by atoms with E-state index in [2.05, 4.69) is 10.4 Å². The highest BCUT2D eigenvalue weighted by atomic mass is 35.5. The number of aromatic nitrogens is 2. The number of carbonyl (C=O) groups excluding carboxylic acids is 2. The van der Waals surface area contributed by atoms with E-state index in [0.717, 1.165) is 11.3 Å². The molecule has 1 fully saturated rings. The average Bonchev–Trinajstić information content (AvgIpc) is 3.49. The molecule has 9 heteroatoms. The van der Waals surface area contributed by atoms with Crippen molar-refractivity contribution in [1.82, 2.24) is 14.7 Å². The Balaban J connectivity index is 1.27. The van der Waals surface area contributed by atoms with Crippen LogP contribution in [0.1, 0.15) is 18.4 Å². The number of hydrogen-bond donors (Lipinski definition) is 1. The Kier molecular flexibility index (Phi) is 4.99. The zero-order chi connectivity index (χ0) is 21.4. The number of amides is 2. The van der Waals surface area contributed by atoms with E-state index in [4.69, 9.17) is 21.1 Å². The molecule has 3 heterocycles. The minimum absolute atomic E-state index is 0.0382. The van der Waals surface area contributed by atoms with Gasteiger partial charge in [-0.3, -0.25) is 9.59 Å². The van der Waals surface area contributed by atoms with Crippen molar-refractivity contribution < 1.29 is 19.1 Å². The lowest BCUT2D eigenvalue weighted by Gasteiger charge is -2.24. The maximum atomic E-state index is 12.9. The highest BCUT2D eigenvalue weighted by Crippen LogP contribution is 2.33. The summed E-state index contributed by atoms with van der Waals surface area (Å²) in [6.45, 7) is 0.533. The Morgan fingerprint density at radius 2 is 1.97 bits per heavy atom. The summed E-state index contributed by atoms with van der Waals surface area (Å²) in [5, 5.41) is 7.62. The molecule has 1 aromatic heterocycles. The van der Waals surface area contributed by atoms with E-state index in [0.29, 0.717) is 41.6 Å². The van der Waals surface area contributed by atoms with Gasteiger partial charge in [-0.2, -0.15) is 5.10 Å². The van der Waals surface area contributed by atoms with Crippen LogP contribution in [-0.2, 0) is 16.1 Å². The molecule has 1 unspecified atom stereocenters. The van der Waals surface area contributed by atoms with E-state index < -0.39 is 6.04 Å². The maximum absolute atomic E-state index is 12.9. The highest BCUT2D eigenvalue weighted by molar-refractivity contribution is 6.30. The Hall–Kier alpha value is -3.52. The quantitative estimate of drug-likeness (QED) is 0.660. The van der Waals surface area contributed by atoms with E-state index in [1.807, 2.05) is 30.3 Å². The molecule has 158 valence electrons. The van der Waals surface area contributed by atoms with Gasteiger partial charge in [-0.15, -0.1) is 0 Å². The van der Waals surface area contributed by atoms with Gasteiger partial charge in [0, 0.05) is 24.8 Å². The Bertz CT molecular complexity index is 1140. The van der Waals surface area contributed by atoms with Crippen LogP contribution < -0.4 is 14.8 Å². The molecule has 2 aliphatic rings. The first-order valence-electron chi connectivity index (χ1n) is 9.86. The SMILES string of the molecule is O=C(Nc1ccc(-n2cc(Cl)cn2)cc1)C1CCC(=O)N1Cc1ccc2c(c1)OCO2. The van der Waals surface area contributed by atoms with Crippen LogP contribution in [0.3, 0.4) is 0 Å². The number of nitrogens with zero attached hydrogens (tertiary/aromatic N) is 3. The molecule has 0 aliphatic carbocycles. The molecule has 0 radical (unpaired) electrons. The van der Waals surface area contributed by atoms with Gasteiger partial charge in [-0.25, -0.2) is 4.68 Å². The predicted octanol–water partition coefficient (Wildman–Crippen LogP) is 3.38. The van der Waals surface area contributed by atoms with Gasteiger partial charge in [0.05, 0.1) is 16.9 Å². The van der Waals surface area contributed by atoms with E-state index in [1.165, 1.54) is 0 Å². The number of fused-ring (bicyclic) bond motifs is 1. The largest absolute Gasteiger partial charge is 0.454 e. The molecule has 0 spiro atoms. The highest BCUT2D eigenvalue weighted by Gasteiger charge is 2.36. The fourth-order valence-electron chi connectivity index (χ4n) is 3.81. The molecule has 2 aromatic carbocycles. The number of benzene rings is 2. The molecular formula is C22H19ClN4O4. The fraction of sp³-hybridized carbons (Fsp3) is 0.227. The van der Waals surface area contributed by atoms with Crippen LogP contribution in [-0.4, -0.2) is 39.3 Å². The molecule has 8 nitrogen and oxygen atoms in total. The van der Waals surface area contributed by atoms with Crippen LogP contribution in [0.5, 0.6) is 11.5 Å². The van der Waals surface area contributed by atoms with Crippen molar-refractivity contribution in [2.24, 2.45) is 0 Å². The monoisotopic (exact) mass is 438 g/mol. The summed E-state index contributed by atoms with van der Waals surface area (Å²) in [4.78, 5) is 27.0. The van der Waals surface area contributed by atoms with Crippen LogP contribution >= 0.6 is 11.6 Å². The fourth-order valence-corrected chi connectivity index (χ4v) is 3.94. The van der Waals surface area contributed by atoms with Gasteiger partial charge in [-0.05, 0) is 48.4 Å². The second-order valence-electron chi connectivity index (χ2n) is 7.40. The van der Waals surface area contributed by atoms with Crippen LogP contribution in [0, 0.1) is 0 Å². The van der Waals surface area contributed by atoms with Gasteiger partial charge in [0.2, 0.25) is 18.6 Å². The first-order chi connectivity index (χ1) is 15.1. The molecule has 1 saturated heterocycles. The van der Waals surface area contributed by atoms with Crippen molar-refractivity contribution in [1.29, 1.82) is 0 Å². The molecule has 2 aliphatic heterocycles. The summed E-state index contributed by atoms with van der Waals surface area (Å²) in [6.07, 6.45) is 4.09. The van der Waals surface area contributed by atoms with Gasteiger partial charge in [0.15, 0.2) is 11.5 Å².